The van der Waals surface area contributed by atoms with Crippen LogP contribution in [0.2, 0.25) is 5.02 Å². The lowest BCUT2D eigenvalue weighted by Gasteiger charge is -2.12. The van der Waals surface area contributed by atoms with E-state index in [1.807, 2.05) is 0 Å². The number of carbonyl (C=O) groups excluding carboxylic acids is 1. The Morgan fingerprint density at radius 2 is 1.56 bits per heavy atom. The molecule has 9 heteroatoms. The van der Waals surface area contributed by atoms with Gasteiger partial charge in [-0.15, -0.1) is 0 Å². The molecule has 1 nitrogen and oxygen atoms in total. The quantitative estimate of drug-likeness (QED) is 0.559. The second-order valence-electron chi connectivity index (χ2n) is 3.14. The summed E-state index contributed by atoms with van der Waals surface area (Å²) in [5.41, 5.74) is -3.30. The first-order chi connectivity index (χ1) is 7.94. The highest BCUT2D eigenvalue weighted by Crippen LogP contribution is 2.37. The Labute approximate surface area is 100 Å². The molecule has 0 fully saturated rings. The largest absolute Gasteiger partial charge is 0.454 e. The molecule has 100 valence electrons. The number of rotatable bonds is 1. The van der Waals surface area contributed by atoms with Crippen molar-refractivity contribution in [1.29, 1.82) is 0 Å². The van der Waals surface area contributed by atoms with E-state index in [1.165, 1.54) is 0 Å². The average molecular weight is 295 g/mol. The summed E-state index contributed by atoms with van der Waals surface area (Å²) < 4.78 is 86.0. The molecule has 0 N–H and O–H groups in total. The monoisotopic (exact) mass is 294 g/mol. The molecule has 1 rings (SSSR count). The summed E-state index contributed by atoms with van der Waals surface area (Å²) >= 11 is 4.98. The van der Waals surface area contributed by atoms with Gasteiger partial charge in [-0.1, -0.05) is 11.6 Å². The molecule has 0 aliphatic heterocycles. The van der Waals surface area contributed by atoms with Crippen molar-refractivity contribution in [1.82, 2.24) is 0 Å². The van der Waals surface area contributed by atoms with Gasteiger partial charge in [-0.3, -0.25) is 4.79 Å². The molecule has 1 aromatic carbocycles. The average Bonchev–Trinajstić information content (AvgIpc) is 2.17. The Hall–Kier alpha value is -1.31. The van der Waals surface area contributed by atoms with Crippen molar-refractivity contribution >= 4 is 17.4 Å². The minimum absolute atomic E-state index is 0.00734. The number of hydrogen-bond donors (Lipinski definition) is 0. The van der Waals surface area contributed by atoms with Crippen molar-refractivity contribution < 1.29 is 35.5 Å². The van der Waals surface area contributed by atoms with Crippen molar-refractivity contribution in [3.63, 3.8) is 0 Å². The van der Waals surface area contributed by atoms with Crippen LogP contribution in [0, 0.1) is 5.82 Å². The second-order valence-corrected chi connectivity index (χ2v) is 3.52. The number of halogens is 8. The van der Waals surface area contributed by atoms with Gasteiger partial charge < -0.3 is 0 Å². The highest BCUT2D eigenvalue weighted by Gasteiger charge is 2.42. The van der Waals surface area contributed by atoms with E-state index in [0.717, 1.165) is 0 Å². The van der Waals surface area contributed by atoms with Gasteiger partial charge in [-0.2, -0.15) is 26.3 Å². The molecule has 1 aromatic rings. The Balaban J connectivity index is 3.43. The predicted octanol–water partition coefficient (Wildman–Crippen LogP) is 4.24. The van der Waals surface area contributed by atoms with E-state index in [9.17, 15) is 35.5 Å². The summed E-state index contributed by atoms with van der Waals surface area (Å²) in [5.74, 6) is -4.33. The molecule has 0 radical (unpaired) electrons. The zero-order valence-corrected chi connectivity index (χ0v) is 8.84. The van der Waals surface area contributed by atoms with Gasteiger partial charge in [0.2, 0.25) is 0 Å². The van der Waals surface area contributed by atoms with E-state index in [1.54, 1.807) is 0 Å². The first-order valence-electron chi connectivity index (χ1n) is 4.12. The molecule has 0 unspecified atom stereocenters. The van der Waals surface area contributed by atoms with Crippen LogP contribution in [-0.2, 0) is 6.18 Å². The fraction of sp³-hybridized carbons (Fsp3) is 0.222. The molecular weight excluding hydrogens is 293 g/mol. The van der Waals surface area contributed by atoms with Crippen molar-refractivity contribution in [3.8, 4) is 0 Å². The predicted molar refractivity (Wildman–Crippen MR) is 46.8 cm³/mol. The van der Waals surface area contributed by atoms with Crippen LogP contribution in [0.15, 0.2) is 12.1 Å². The Morgan fingerprint density at radius 1 is 1.06 bits per heavy atom. The van der Waals surface area contributed by atoms with Crippen LogP contribution in [0.3, 0.4) is 0 Å². The maximum atomic E-state index is 13.0. The molecule has 0 aliphatic carbocycles. The van der Waals surface area contributed by atoms with E-state index < -0.39 is 40.1 Å². The standard InChI is InChI=1S/C9H2ClF7O/c10-6-4(8(12,13)14)1-3(2-5(6)11)7(18)9(15,16)17/h1-2H. The lowest BCUT2D eigenvalue weighted by Crippen LogP contribution is -2.23. The highest BCUT2D eigenvalue weighted by molar-refractivity contribution is 6.31. The van der Waals surface area contributed by atoms with Crippen LogP contribution in [0.25, 0.3) is 0 Å². The van der Waals surface area contributed by atoms with Crippen molar-refractivity contribution in [2.24, 2.45) is 0 Å². The minimum Gasteiger partial charge on any atom is -0.284 e. The van der Waals surface area contributed by atoms with E-state index in [0.29, 0.717) is 0 Å². The zero-order chi connectivity index (χ0) is 14.3. The second kappa shape index (κ2) is 4.42. The van der Waals surface area contributed by atoms with E-state index in [4.69, 9.17) is 11.6 Å². The Bertz CT molecular complexity index is 489. The smallest absolute Gasteiger partial charge is 0.284 e. The molecule has 0 saturated heterocycles. The van der Waals surface area contributed by atoms with Gasteiger partial charge in [-0.25, -0.2) is 4.39 Å². The maximum absolute atomic E-state index is 13.0. The van der Waals surface area contributed by atoms with Crippen LogP contribution < -0.4 is 0 Å². The maximum Gasteiger partial charge on any atom is 0.454 e. The lowest BCUT2D eigenvalue weighted by atomic mass is 10.1. The zero-order valence-electron chi connectivity index (χ0n) is 8.09. The molecule has 0 aliphatic rings. The van der Waals surface area contributed by atoms with Crippen molar-refractivity contribution in [3.05, 3.63) is 34.1 Å². The number of Topliss-reactive ketones (excluding diaryl/α,β-unsaturated/α-hetero) is 1. The van der Waals surface area contributed by atoms with Crippen LogP contribution >= 0.6 is 11.6 Å². The molecule has 0 aromatic heterocycles. The summed E-state index contributed by atoms with van der Waals surface area (Å²) in [7, 11) is 0. The van der Waals surface area contributed by atoms with Gasteiger partial charge in [-0.05, 0) is 12.1 Å². The molecule has 0 atom stereocenters. The summed E-state index contributed by atoms with van der Waals surface area (Å²) in [4.78, 5) is 10.7. The fourth-order valence-electron chi connectivity index (χ4n) is 1.09. The summed E-state index contributed by atoms with van der Waals surface area (Å²) in [6, 6.07) is -0.130. The van der Waals surface area contributed by atoms with Crippen LogP contribution in [0.1, 0.15) is 15.9 Å². The van der Waals surface area contributed by atoms with Crippen LogP contribution in [0.4, 0.5) is 30.7 Å². The van der Waals surface area contributed by atoms with Gasteiger partial charge in [0.05, 0.1) is 10.6 Å². The molecule has 0 bridgehead atoms. The van der Waals surface area contributed by atoms with Crippen molar-refractivity contribution in [2.45, 2.75) is 12.4 Å². The lowest BCUT2D eigenvalue weighted by molar-refractivity contribution is -0.137. The topological polar surface area (TPSA) is 17.1 Å². The molecule has 0 saturated carbocycles. The SMILES string of the molecule is O=C(c1cc(F)c(Cl)c(C(F)(F)F)c1)C(F)(F)F. The first kappa shape index (κ1) is 14.7. The normalized spacial score (nSPS) is 12.7. The van der Waals surface area contributed by atoms with Gasteiger partial charge >= 0.3 is 12.4 Å². The third-order valence-electron chi connectivity index (χ3n) is 1.85. The molecule has 18 heavy (non-hydrogen) atoms. The highest BCUT2D eigenvalue weighted by atomic mass is 35.5. The van der Waals surface area contributed by atoms with E-state index in [-0.39, 0.29) is 12.1 Å². The van der Waals surface area contributed by atoms with Gasteiger partial charge in [0.25, 0.3) is 5.78 Å². The number of hydrogen-bond acceptors (Lipinski definition) is 1. The summed E-state index contributed by atoms with van der Waals surface area (Å²) in [5, 5.41) is -1.39. The van der Waals surface area contributed by atoms with Gasteiger partial charge in [0.1, 0.15) is 5.82 Å². The molecular formula is C9H2ClF7O. The summed E-state index contributed by atoms with van der Waals surface area (Å²) in [6.45, 7) is 0. The number of benzene rings is 1. The number of alkyl halides is 6. The first-order valence-corrected chi connectivity index (χ1v) is 4.50. The van der Waals surface area contributed by atoms with Gasteiger partial charge in [0.15, 0.2) is 0 Å². The summed E-state index contributed by atoms with van der Waals surface area (Å²) in [6.07, 6.45) is -10.6. The third kappa shape index (κ3) is 2.92. The Morgan fingerprint density at radius 3 is 1.94 bits per heavy atom. The van der Waals surface area contributed by atoms with Gasteiger partial charge in [0, 0.05) is 5.56 Å². The number of ketones is 1. The third-order valence-corrected chi connectivity index (χ3v) is 2.24. The van der Waals surface area contributed by atoms with Crippen LogP contribution in [0.5, 0.6) is 0 Å². The van der Waals surface area contributed by atoms with E-state index >= 15 is 0 Å². The Kier molecular flexibility index (Phi) is 3.62. The molecule has 0 heterocycles. The van der Waals surface area contributed by atoms with E-state index in [2.05, 4.69) is 0 Å². The molecule has 0 spiro atoms. The van der Waals surface area contributed by atoms with Crippen LogP contribution in [-0.4, -0.2) is 12.0 Å². The number of carbonyl (C=O) groups is 1. The van der Waals surface area contributed by atoms with Crippen molar-refractivity contribution in [2.75, 3.05) is 0 Å². The molecule has 0 amide bonds. The fourth-order valence-corrected chi connectivity index (χ4v) is 1.31. The minimum atomic E-state index is -5.40.